The van der Waals surface area contributed by atoms with Crippen LogP contribution in [0.2, 0.25) is 0 Å². The van der Waals surface area contributed by atoms with Gasteiger partial charge in [-0.2, -0.15) is 0 Å². The molecular weight excluding hydrogens is 360 g/mol. The van der Waals surface area contributed by atoms with Gasteiger partial charge in [0, 0.05) is 6.54 Å². The second-order valence-electron chi connectivity index (χ2n) is 7.04. The van der Waals surface area contributed by atoms with Crippen molar-refractivity contribution in [2.45, 2.75) is 64.7 Å². The Morgan fingerprint density at radius 3 is 2.27 bits per heavy atom. The van der Waals surface area contributed by atoms with Gasteiger partial charge in [-0.15, -0.1) is 11.6 Å². The van der Waals surface area contributed by atoms with Gasteiger partial charge in [-0.05, 0) is 32.6 Å². The van der Waals surface area contributed by atoms with E-state index in [9.17, 15) is 19.2 Å². The first-order valence-electron chi connectivity index (χ1n) is 8.85. The summed E-state index contributed by atoms with van der Waals surface area (Å²) in [5.74, 6) is -1.71. The summed E-state index contributed by atoms with van der Waals surface area (Å²) in [6.07, 6.45) is 1.18. The van der Waals surface area contributed by atoms with Crippen LogP contribution in [0, 0.1) is 5.92 Å². The van der Waals surface area contributed by atoms with E-state index in [1.54, 1.807) is 6.92 Å². The van der Waals surface area contributed by atoms with E-state index >= 15 is 0 Å². The lowest BCUT2D eigenvalue weighted by Crippen LogP contribution is -2.56. The molecule has 0 bridgehead atoms. The Kier molecular flexibility index (Phi) is 8.49. The number of alkyl halides is 1. The van der Waals surface area contributed by atoms with Crippen molar-refractivity contribution in [2.75, 3.05) is 12.4 Å². The SMILES string of the molecule is CC(C)[C@H](NC(=O)[C@@H]1CCCN1C(=O)[C@@H](C)NC(=O)[C@H](C)N)C(=O)CCl. The molecule has 0 aromatic carbocycles. The van der Waals surface area contributed by atoms with Crippen molar-refractivity contribution in [3.05, 3.63) is 0 Å². The van der Waals surface area contributed by atoms with Crippen LogP contribution in [0.15, 0.2) is 0 Å². The number of likely N-dealkylation sites (tertiary alicyclic amines) is 1. The highest BCUT2D eigenvalue weighted by atomic mass is 35.5. The van der Waals surface area contributed by atoms with Crippen LogP contribution < -0.4 is 16.4 Å². The topological polar surface area (TPSA) is 122 Å². The molecule has 0 aromatic rings. The van der Waals surface area contributed by atoms with Gasteiger partial charge >= 0.3 is 0 Å². The summed E-state index contributed by atoms with van der Waals surface area (Å²) < 4.78 is 0. The van der Waals surface area contributed by atoms with Gasteiger partial charge in [0.2, 0.25) is 17.7 Å². The van der Waals surface area contributed by atoms with E-state index in [4.69, 9.17) is 17.3 Å². The summed E-state index contributed by atoms with van der Waals surface area (Å²) in [4.78, 5) is 50.3. The van der Waals surface area contributed by atoms with Crippen molar-refractivity contribution in [2.24, 2.45) is 11.7 Å². The molecule has 4 N–H and O–H groups in total. The fourth-order valence-corrected chi connectivity index (χ4v) is 3.08. The summed E-state index contributed by atoms with van der Waals surface area (Å²) in [6.45, 7) is 7.14. The molecule has 0 aromatic heterocycles. The average Bonchev–Trinajstić information content (AvgIpc) is 3.07. The molecule has 4 atom stereocenters. The minimum atomic E-state index is -0.785. The molecule has 0 spiro atoms. The smallest absolute Gasteiger partial charge is 0.245 e. The van der Waals surface area contributed by atoms with Crippen molar-refractivity contribution in [1.82, 2.24) is 15.5 Å². The quantitative estimate of drug-likeness (QED) is 0.496. The molecule has 8 nitrogen and oxygen atoms in total. The number of ketones is 1. The minimum Gasteiger partial charge on any atom is -0.344 e. The Bertz CT molecular complexity index is 553. The number of carbonyl (C=O) groups is 4. The predicted molar refractivity (Wildman–Crippen MR) is 98.5 cm³/mol. The summed E-state index contributed by atoms with van der Waals surface area (Å²) in [5.41, 5.74) is 5.49. The first-order valence-corrected chi connectivity index (χ1v) is 9.39. The van der Waals surface area contributed by atoms with Crippen LogP contribution in [0.5, 0.6) is 0 Å². The van der Waals surface area contributed by atoms with E-state index in [1.807, 2.05) is 13.8 Å². The van der Waals surface area contributed by atoms with E-state index in [1.165, 1.54) is 11.8 Å². The maximum atomic E-state index is 12.6. The number of amides is 3. The third kappa shape index (κ3) is 5.67. The zero-order chi connectivity index (χ0) is 20.0. The minimum absolute atomic E-state index is 0.111. The first-order chi connectivity index (χ1) is 12.1. The second-order valence-corrected chi connectivity index (χ2v) is 7.31. The van der Waals surface area contributed by atoms with Crippen molar-refractivity contribution >= 4 is 35.1 Å². The molecule has 148 valence electrons. The van der Waals surface area contributed by atoms with Crippen molar-refractivity contribution in [3.8, 4) is 0 Å². The van der Waals surface area contributed by atoms with Crippen LogP contribution in [0.4, 0.5) is 0 Å². The molecule has 9 heteroatoms. The monoisotopic (exact) mass is 388 g/mol. The van der Waals surface area contributed by atoms with E-state index < -0.39 is 30.1 Å². The first kappa shape index (κ1) is 22.4. The molecule has 0 radical (unpaired) electrons. The van der Waals surface area contributed by atoms with Gasteiger partial charge < -0.3 is 21.3 Å². The van der Waals surface area contributed by atoms with Crippen LogP contribution in [0.3, 0.4) is 0 Å². The number of nitrogens with zero attached hydrogens (tertiary/aromatic N) is 1. The largest absolute Gasteiger partial charge is 0.344 e. The molecule has 0 aliphatic carbocycles. The normalized spacial score (nSPS) is 20.4. The van der Waals surface area contributed by atoms with Crippen LogP contribution in [-0.2, 0) is 19.2 Å². The molecule has 1 fully saturated rings. The van der Waals surface area contributed by atoms with Gasteiger partial charge in [-0.3, -0.25) is 19.2 Å². The molecule has 26 heavy (non-hydrogen) atoms. The summed E-state index contributed by atoms with van der Waals surface area (Å²) in [6, 6.07) is -2.86. The van der Waals surface area contributed by atoms with Gasteiger partial charge in [-0.25, -0.2) is 0 Å². The fraction of sp³-hybridized carbons (Fsp3) is 0.765. The molecule has 1 aliphatic heterocycles. The van der Waals surface area contributed by atoms with E-state index in [0.29, 0.717) is 19.4 Å². The van der Waals surface area contributed by atoms with Gasteiger partial charge in [0.15, 0.2) is 5.78 Å². The Morgan fingerprint density at radius 2 is 1.77 bits per heavy atom. The third-order valence-corrected chi connectivity index (χ3v) is 4.69. The van der Waals surface area contributed by atoms with E-state index in [-0.39, 0.29) is 29.4 Å². The average molecular weight is 389 g/mol. The van der Waals surface area contributed by atoms with Crippen molar-refractivity contribution in [1.29, 1.82) is 0 Å². The fourth-order valence-electron chi connectivity index (χ4n) is 2.91. The lowest BCUT2D eigenvalue weighted by atomic mass is 10.00. The predicted octanol–water partition coefficient (Wildman–Crippen LogP) is -0.222. The van der Waals surface area contributed by atoms with E-state index in [0.717, 1.165) is 0 Å². The zero-order valence-corrected chi connectivity index (χ0v) is 16.5. The summed E-state index contributed by atoms with van der Waals surface area (Å²) >= 11 is 5.61. The Balaban J connectivity index is 2.79. The number of nitrogens with one attached hydrogen (secondary N) is 2. The van der Waals surface area contributed by atoms with Gasteiger partial charge in [0.25, 0.3) is 0 Å². The number of hydrogen-bond donors (Lipinski definition) is 3. The molecular formula is C17H29ClN4O4. The Morgan fingerprint density at radius 1 is 1.15 bits per heavy atom. The molecule has 1 heterocycles. The second kappa shape index (κ2) is 9.87. The number of rotatable bonds is 8. The maximum Gasteiger partial charge on any atom is 0.245 e. The number of Topliss-reactive ketones (excluding diaryl/α,β-unsaturated/α-hetero) is 1. The molecule has 0 saturated carbocycles. The van der Waals surface area contributed by atoms with Crippen LogP contribution in [-0.4, -0.2) is 65.0 Å². The van der Waals surface area contributed by atoms with E-state index in [2.05, 4.69) is 10.6 Å². The number of nitrogens with two attached hydrogens (primary N) is 1. The molecule has 1 saturated heterocycles. The number of halogens is 1. The lowest BCUT2D eigenvalue weighted by molar-refractivity contribution is -0.141. The molecule has 1 rings (SSSR count). The maximum absolute atomic E-state index is 12.6. The highest BCUT2D eigenvalue weighted by Gasteiger charge is 2.38. The molecule has 3 amide bonds. The van der Waals surface area contributed by atoms with Crippen LogP contribution >= 0.6 is 11.6 Å². The van der Waals surface area contributed by atoms with Gasteiger partial charge in [-0.1, -0.05) is 13.8 Å². The highest BCUT2D eigenvalue weighted by Crippen LogP contribution is 2.19. The van der Waals surface area contributed by atoms with Gasteiger partial charge in [0.05, 0.1) is 18.0 Å². The number of carbonyl (C=O) groups excluding carboxylic acids is 4. The standard InChI is InChI=1S/C17H29ClN4O4/c1-9(2)14(13(23)8-18)21-16(25)12-6-5-7-22(12)17(26)11(4)20-15(24)10(3)19/h9-12,14H,5-8,19H2,1-4H3,(H,20,24)(H,21,25)/t10-,11+,12-,14-/m0/s1. The van der Waals surface area contributed by atoms with Gasteiger partial charge in [0.1, 0.15) is 12.1 Å². The Hall–Kier alpha value is -1.67. The summed E-state index contributed by atoms with van der Waals surface area (Å²) in [7, 11) is 0. The van der Waals surface area contributed by atoms with Crippen LogP contribution in [0.25, 0.3) is 0 Å². The zero-order valence-electron chi connectivity index (χ0n) is 15.8. The Labute approximate surface area is 159 Å². The molecule has 0 unspecified atom stereocenters. The van der Waals surface area contributed by atoms with Crippen LogP contribution in [0.1, 0.15) is 40.5 Å². The summed E-state index contributed by atoms with van der Waals surface area (Å²) in [5, 5.41) is 5.26. The van der Waals surface area contributed by atoms with Crippen molar-refractivity contribution in [3.63, 3.8) is 0 Å². The lowest BCUT2D eigenvalue weighted by Gasteiger charge is -2.29. The highest BCUT2D eigenvalue weighted by molar-refractivity contribution is 6.28. The van der Waals surface area contributed by atoms with Crippen molar-refractivity contribution < 1.29 is 19.2 Å². The molecule has 1 aliphatic rings. The third-order valence-electron chi connectivity index (χ3n) is 4.42. The number of hydrogen-bond acceptors (Lipinski definition) is 5.